The third-order valence-electron chi connectivity index (χ3n) is 4.37. The molecule has 3 aromatic rings. The number of halogens is 2. The highest BCUT2D eigenvalue weighted by atomic mass is 127. The van der Waals surface area contributed by atoms with Crippen molar-refractivity contribution in [1.82, 2.24) is 20.1 Å². The first-order chi connectivity index (χ1) is 15.4. The number of rotatable bonds is 9. The Labute approximate surface area is 209 Å². The number of amides is 2. The van der Waals surface area contributed by atoms with Crippen LogP contribution in [0, 0.1) is 3.57 Å². The second-order valence-electron chi connectivity index (χ2n) is 6.76. The van der Waals surface area contributed by atoms with Gasteiger partial charge in [-0.3, -0.25) is 9.59 Å². The second-order valence-corrected chi connectivity index (χ2v) is 9.35. The van der Waals surface area contributed by atoms with Crippen LogP contribution in [0.15, 0.2) is 66.3 Å². The number of hydrogen-bond acceptors (Lipinski definition) is 5. The zero-order valence-corrected chi connectivity index (χ0v) is 20.9. The summed E-state index contributed by atoms with van der Waals surface area (Å²) in [6.45, 7) is 6.04. The molecule has 166 valence electrons. The van der Waals surface area contributed by atoms with Gasteiger partial charge in [-0.1, -0.05) is 41.6 Å². The molecule has 3 rings (SSSR count). The van der Waals surface area contributed by atoms with E-state index in [4.69, 9.17) is 11.6 Å². The molecular formula is C22H21ClIN5O2S. The van der Waals surface area contributed by atoms with Crippen molar-refractivity contribution in [2.24, 2.45) is 0 Å². The molecule has 1 atom stereocenters. The lowest BCUT2D eigenvalue weighted by Crippen LogP contribution is -2.29. The Balaban J connectivity index is 1.67. The van der Waals surface area contributed by atoms with Crippen LogP contribution in [0.4, 0.5) is 5.69 Å². The van der Waals surface area contributed by atoms with Crippen molar-refractivity contribution in [3.63, 3.8) is 0 Å². The Kier molecular flexibility index (Phi) is 8.71. The van der Waals surface area contributed by atoms with Crippen LogP contribution in [0.25, 0.3) is 0 Å². The fraction of sp³-hybridized carbons (Fsp3) is 0.182. The van der Waals surface area contributed by atoms with E-state index in [0.29, 0.717) is 28.1 Å². The molecule has 10 heteroatoms. The summed E-state index contributed by atoms with van der Waals surface area (Å²) in [7, 11) is 0. The number of carbonyl (C=O) groups excluding carboxylic acids is 2. The Morgan fingerprint density at radius 2 is 1.94 bits per heavy atom. The second kappa shape index (κ2) is 11.5. The summed E-state index contributed by atoms with van der Waals surface area (Å²) in [4.78, 5) is 24.9. The maximum absolute atomic E-state index is 12.6. The first-order valence-corrected chi connectivity index (χ1v) is 12.1. The normalized spacial score (nSPS) is 11.6. The van der Waals surface area contributed by atoms with E-state index in [1.807, 2.05) is 35.8 Å². The molecule has 7 nitrogen and oxygen atoms in total. The first-order valence-electron chi connectivity index (χ1n) is 9.66. The van der Waals surface area contributed by atoms with Crippen molar-refractivity contribution >= 4 is 63.5 Å². The number of benzene rings is 2. The van der Waals surface area contributed by atoms with Gasteiger partial charge in [-0.15, -0.1) is 16.8 Å². The van der Waals surface area contributed by atoms with Crippen LogP contribution in [0.1, 0.15) is 29.1 Å². The van der Waals surface area contributed by atoms with E-state index in [1.54, 1.807) is 30.3 Å². The molecule has 0 fully saturated rings. The van der Waals surface area contributed by atoms with Gasteiger partial charge in [0.2, 0.25) is 5.91 Å². The number of thioether (sulfide) groups is 1. The zero-order valence-electron chi connectivity index (χ0n) is 17.2. The molecule has 0 saturated heterocycles. The molecule has 1 aromatic heterocycles. The highest BCUT2D eigenvalue weighted by Crippen LogP contribution is 2.22. The molecule has 0 saturated carbocycles. The number of carbonyl (C=O) groups is 2. The highest BCUT2D eigenvalue weighted by Gasteiger charge is 2.21. The molecule has 0 aliphatic carbocycles. The van der Waals surface area contributed by atoms with Crippen molar-refractivity contribution in [1.29, 1.82) is 0 Å². The Morgan fingerprint density at radius 3 is 2.62 bits per heavy atom. The van der Waals surface area contributed by atoms with Crippen molar-refractivity contribution in [3.8, 4) is 0 Å². The quantitative estimate of drug-likeness (QED) is 0.212. The smallest absolute Gasteiger partial charge is 0.253 e. The largest absolute Gasteiger partial charge is 0.342 e. The monoisotopic (exact) mass is 581 g/mol. The van der Waals surface area contributed by atoms with Crippen LogP contribution in [0.5, 0.6) is 0 Å². The van der Waals surface area contributed by atoms with Gasteiger partial charge in [0.25, 0.3) is 5.91 Å². The maximum atomic E-state index is 12.6. The number of aromatic nitrogens is 3. The van der Waals surface area contributed by atoms with Crippen LogP contribution in [-0.2, 0) is 11.3 Å². The summed E-state index contributed by atoms with van der Waals surface area (Å²) < 4.78 is 2.92. The molecule has 2 aromatic carbocycles. The van der Waals surface area contributed by atoms with E-state index >= 15 is 0 Å². The van der Waals surface area contributed by atoms with Gasteiger partial charge in [0.05, 0.1) is 22.4 Å². The third-order valence-corrected chi connectivity index (χ3v) is 6.39. The first kappa shape index (κ1) is 24.3. The molecule has 2 N–H and O–H groups in total. The summed E-state index contributed by atoms with van der Waals surface area (Å²) in [5.41, 5.74) is 1.12. The van der Waals surface area contributed by atoms with E-state index in [-0.39, 0.29) is 17.6 Å². The molecule has 0 aliphatic rings. The molecule has 32 heavy (non-hydrogen) atoms. The topological polar surface area (TPSA) is 88.9 Å². The summed E-state index contributed by atoms with van der Waals surface area (Å²) in [6.07, 6.45) is 1.71. The van der Waals surface area contributed by atoms with Gasteiger partial charge >= 0.3 is 0 Å². The minimum atomic E-state index is -0.429. The fourth-order valence-electron chi connectivity index (χ4n) is 2.87. The van der Waals surface area contributed by atoms with Gasteiger partial charge in [-0.25, -0.2) is 0 Å². The minimum Gasteiger partial charge on any atom is -0.342 e. The average molecular weight is 582 g/mol. The average Bonchev–Trinajstić information content (AvgIpc) is 3.17. The number of hydrogen-bond donors (Lipinski definition) is 2. The van der Waals surface area contributed by atoms with Gasteiger partial charge in [-0.05, 0) is 65.9 Å². The Hall–Kier alpha value is -2.37. The van der Waals surface area contributed by atoms with Crippen LogP contribution < -0.4 is 10.6 Å². The lowest BCUT2D eigenvalue weighted by atomic mass is 10.2. The van der Waals surface area contributed by atoms with E-state index in [9.17, 15) is 9.59 Å². The molecular weight excluding hydrogens is 561 g/mol. The van der Waals surface area contributed by atoms with Gasteiger partial charge < -0.3 is 15.2 Å². The summed E-state index contributed by atoms with van der Waals surface area (Å²) in [5, 5.41) is 15.2. The summed E-state index contributed by atoms with van der Waals surface area (Å²) >= 11 is 9.60. The zero-order chi connectivity index (χ0) is 23.1. The van der Waals surface area contributed by atoms with Crippen molar-refractivity contribution in [2.75, 3.05) is 11.1 Å². The van der Waals surface area contributed by atoms with E-state index in [2.05, 4.69) is 50.0 Å². The molecule has 1 heterocycles. The molecule has 0 spiro atoms. The molecule has 0 bridgehead atoms. The van der Waals surface area contributed by atoms with Gasteiger partial charge in [0.1, 0.15) is 0 Å². The Morgan fingerprint density at radius 1 is 1.22 bits per heavy atom. The Bertz CT molecular complexity index is 1120. The van der Waals surface area contributed by atoms with E-state index < -0.39 is 6.04 Å². The van der Waals surface area contributed by atoms with Crippen LogP contribution in [0.2, 0.25) is 5.02 Å². The number of nitrogens with zero attached hydrogens (tertiary/aromatic N) is 3. The predicted molar refractivity (Wildman–Crippen MR) is 136 cm³/mol. The molecule has 2 amide bonds. The van der Waals surface area contributed by atoms with E-state index in [1.165, 1.54) is 11.8 Å². The highest BCUT2D eigenvalue weighted by molar-refractivity contribution is 14.1. The standard InChI is InChI=1S/C22H21ClIN5O2S/c1-3-12-29-20(14(2)25-21(31)17-6-4-5-7-18(17)23)27-28-22(29)32-13-19(30)26-16-10-8-15(24)9-11-16/h3-11,14H,1,12-13H2,2H3,(H,25,31)(H,26,30)/t14-/m1/s1. The predicted octanol–water partition coefficient (Wildman–Crippen LogP) is 4.94. The number of nitrogens with one attached hydrogen (secondary N) is 2. The van der Waals surface area contributed by atoms with Crippen LogP contribution in [0.3, 0.4) is 0 Å². The van der Waals surface area contributed by atoms with Gasteiger partial charge in [0.15, 0.2) is 11.0 Å². The van der Waals surface area contributed by atoms with Crippen molar-refractivity contribution in [2.45, 2.75) is 24.7 Å². The number of anilines is 1. The van der Waals surface area contributed by atoms with Crippen molar-refractivity contribution in [3.05, 3.63) is 81.2 Å². The minimum absolute atomic E-state index is 0.147. The lowest BCUT2D eigenvalue weighted by Gasteiger charge is -2.15. The van der Waals surface area contributed by atoms with E-state index in [0.717, 1.165) is 9.26 Å². The van der Waals surface area contributed by atoms with Crippen molar-refractivity contribution < 1.29 is 9.59 Å². The fourth-order valence-corrected chi connectivity index (χ4v) is 4.21. The SMILES string of the molecule is C=CCn1c(SCC(=O)Nc2ccc(I)cc2)nnc1[C@@H](C)NC(=O)c1ccccc1Cl. The molecule has 0 unspecified atom stereocenters. The maximum Gasteiger partial charge on any atom is 0.253 e. The summed E-state index contributed by atoms with van der Waals surface area (Å²) in [6, 6.07) is 14.0. The third kappa shape index (κ3) is 6.33. The van der Waals surface area contributed by atoms with Gasteiger partial charge in [0, 0.05) is 15.8 Å². The molecule has 0 aliphatic heterocycles. The number of allylic oxidation sites excluding steroid dienone is 1. The summed E-state index contributed by atoms with van der Waals surface area (Å²) in [5.74, 6) is 0.279. The van der Waals surface area contributed by atoms with Crippen LogP contribution >= 0.6 is 46.0 Å². The lowest BCUT2D eigenvalue weighted by molar-refractivity contribution is -0.113. The van der Waals surface area contributed by atoms with Crippen LogP contribution in [-0.4, -0.2) is 32.3 Å². The molecule has 0 radical (unpaired) electrons. The van der Waals surface area contributed by atoms with Gasteiger partial charge in [-0.2, -0.15) is 0 Å².